The average Bonchev–Trinajstić information content (AvgIpc) is 2.46. The van der Waals surface area contributed by atoms with Crippen molar-refractivity contribution in [3.8, 4) is 11.5 Å². The molecule has 0 spiro atoms. The van der Waals surface area contributed by atoms with Crippen molar-refractivity contribution in [3.63, 3.8) is 0 Å². The highest BCUT2D eigenvalue weighted by Crippen LogP contribution is 2.28. The first-order valence-electron chi connectivity index (χ1n) is 7.26. The lowest BCUT2D eigenvalue weighted by Crippen LogP contribution is -2.21. The van der Waals surface area contributed by atoms with Crippen molar-refractivity contribution in [1.29, 1.82) is 0 Å². The number of carbonyl (C=O) groups is 1. The third-order valence-corrected chi connectivity index (χ3v) is 3.14. The summed E-state index contributed by atoms with van der Waals surface area (Å²) in [6.45, 7) is 4.01. The Balaban J connectivity index is 2.61. The van der Waals surface area contributed by atoms with Crippen LogP contribution in [-0.4, -0.2) is 43.3 Å². The summed E-state index contributed by atoms with van der Waals surface area (Å²) in [6, 6.07) is 5.84. The summed E-state index contributed by atoms with van der Waals surface area (Å²) >= 11 is 0. The molecule has 0 amide bonds. The second-order valence-electron chi connectivity index (χ2n) is 5.07. The Bertz CT molecular complexity index is 448. The highest BCUT2D eigenvalue weighted by atomic mass is 16.5. The zero-order valence-corrected chi connectivity index (χ0v) is 13.1. The summed E-state index contributed by atoms with van der Waals surface area (Å²) in [7, 11) is 3.53. The van der Waals surface area contributed by atoms with Crippen molar-refractivity contribution in [2.75, 3.05) is 27.3 Å². The smallest absolute Gasteiger partial charge is 0.304 e. The van der Waals surface area contributed by atoms with Gasteiger partial charge in [-0.15, -0.1) is 0 Å². The number of unbranched alkanes of at least 4 members (excludes halogenated alkanes) is 1. The predicted molar refractivity (Wildman–Crippen MR) is 82.0 cm³/mol. The van der Waals surface area contributed by atoms with Crippen molar-refractivity contribution in [2.45, 2.75) is 32.7 Å². The summed E-state index contributed by atoms with van der Waals surface area (Å²) in [5, 5.41) is 8.69. The number of hydrogen-bond acceptors (Lipinski definition) is 4. The molecule has 0 heterocycles. The van der Waals surface area contributed by atoms with Crippen molar-refractivity contribution >= 4 is 5.97 Å². The van der Waals surface area contributed by atoms with Gasteiger partial charge in [-0.2, -0.15) is 0 Å². The quantitative estimate of drug-likeness (QED) is 0.673. The van der Waals surface area contributed by atoms with Crippen LogP contribution in [0.3, 0.4) is 0 Å². The van der Waals surface area contributed by atoms with Crippen molar-refractivity contribution in [1.82, 2.24) is 4.90 Å². The van der Waals surface area contributed by atoms with E-state index in [1.54, 1.807) is 7.11 Å². The lowest BCUT2D eigenvalue weighted by atomic mass is 10.2. The molecule has 1 aromatic carbocycles. The second-order valence-corrected chi connectivity index (χ2v) is 5.07. The van der Waals surface area contributed by atoms with Crippen LogP contribution in [0, 0.1) is 0 Å². The molecule has 0 bridgehead atoms. The number of carboxylic acid groups (broad SMARTS) is 1. The molecule has 21 heavy (non-hydrogen) atoms. The molecule has 118 valence electrons. The third kappa shape index (κ3) is 6.49. The van der Waals surface area contributed by atoms with E-state index in [-0.39, 0.29) is 6.42 Å². The number of rotatable bonds is 10. The van der Waals surface area contributed by atoms with Crippen LogP contribution in [0.5, 0.6) is 11.5 Å². The standard InChI is InChI=1S/C16H25NO4/c1-4-5-10-21-14-7-6-13(11-15(14)20-3)12-17(2)9-8-16(18)19/h6-7,11H,4-5,8-10,12H2,1-3H3,(H,18,19). The first-order valence-corrected chi connectivity index (χ1v) is 7.26. The highest BCUT2D eigenvalue weighted by Gasteiger charge is 2.08. The Morgan fingerprint density at radius 2 is 2.10 bits per heavy atom. The molecule has 0 aliphatic carbocycles. The molecule has 0 unspecified atom stereocenters. The molecule has 0 aliphatic heterocycles. The first kappa shape index (κ1) is 17.3. The maximum atomic E-state index is 10.6. The van der Waals surface area contributed by atoms with Gasteiger partial charge in [-0.1, -0.05) is 19.4 Å². The highest BCUT2D eigenvalue weighted by molar-refractivity contribution is 5.66. The number of carboxylic acids is 1. The van der Waals surface area contributed by atoms with E-state index in [1.807, 2.05) is 30.1 Å². The molecule has 1 aromatic rings. The van der Waals surface area contributed by atoms with E-state index in [0.717, 1.165) is 29.9 Å². The van der Waals surface area contributed by atoms with Crippen molar-refractivity contribution in [3.05, 3.63) is 23.8 Å². The minimum absolute atomic E-state index is 0.145. The van der Waals surface area contributed by atoms with Crippen LogP contribution >= 0.6 is 0 Å². The topological polar surface area (TPSA) is 59.0 Å². The molecule has 0 radical (unpaired) electrons. The van der Waals surface area contributed by atoms with Gasteiger partial charge in [0.2, 0.25) is 0 Å². The zero-order chi connectivity index (χ0) is 15.7. The molecule has 0 aliphatic rings. The SMILES string of the molecule is CCCCOc1ccc(CN(C)CCC(=O)O)cc1OC. The second kappa shape index (κ2) is 9.23. The van der Waals surface area contributed by atoms with Crippen LogP contribution in [-0.2, 0) is 11.3 Å². The molecule has 0 atom stereocenters. The molecule has 0 aromatic heterocycles. The molecule has 1 N–H and O–H groups in total. The fourth-order valence-electron chi connectivity index (χ4n) is 1.93. The van der Waals surface area contributed by atoms with E-state index in [4.69, 9.17) is 14.6 Å². The van der Waals surface area contributed by atoms with E-state index in [9.17, 15) is 4.79 Å². The third-order valence-electron chi connectivity index (χ3n) is 3.14. The van der Waals surface area contributed by atoms with Gasteiger partial charge in [0.15, 0.2) is 11.5 Å². The van der Waals surface area contributed by atoms with E-state index >= 15 is 0 Å². The fourth-order valence-corrected chi connectivity index (χ4v) is 1.93. The maximum Gasteiger partial charge on any atom is 0.304 e. The van der Waals surface area contributed by atoms with Gasteiger partial charge in [-0.05, 0) is 31.2 Å². The number of benzene rings is 1. The predicted octanol–water partition coefficient (Wildman–Crippen LogP) is 2.78. The van der Waals surface area contributed by atoms with Gasteiger partial charge in [-0.3, -0.25) is 4.79 Å². The van der Waals surface area contributed by atoms with Crippen LogP contribution in [0.2, 0.25) is 0 Å². The minimum Gasteiger partial charge on any atom is -0.493 e. The summed E-state index contributed by atoms with van der Waals surface area (Å²) in [4.78, 5) is 12.5. The van der Waals surface area contributed by atoms with Crippen molar-refractivity contribution in [2.24, 2.45) is 0 Å². The monoisotopic (exact) mass is 295 g/mol. The summed E-state index contributed by atoms with van der Waals surface area (Å²) in [5.74, 6) is 0.692. The molecule has 0 saturated heterocycles. The Morgan fingerprint density at radius 1 is 1.33 bits per heavy atom. The van der Waals surface area contributed by atoms with Crippen LogP contribution < -0.4 is 9.47 Å². The average molecular weight is 295 g/mol. The van der Waals surface area contributed by atoms with Gasteiger partial charge in [0.05, 0.1) is 20.1 Å². The van der Waals surface area contributed by atoms with Crippen molar-refractivity contribution < 1.29 is 19.4 Å². The fraction of sp³-hybridized carbons (Fsp3) is 0.562. The number of hydrogen-bond donors (Lipinski definition) is 1. The van der Waals surface area contributed by atoms with Crippen LogP contribution in [0.15, 0.2) is 18.2 Å². The van der Waals surface area contributed by atoms with Gasteiger partial charge in [0, 0.05) is 13.1 Å². The Kier molecular flexibility index (Phi) is 7.61. The number of nitrogens with zero attached hydrogens (tertiary/aromatic N) is 1. The lowest BCUT2D eigenvalue weighted by molar-refractivity contribution is -0.137. The number of ether oxygens (including phenoxy) is 2. The van der Waals surface area contributed by atoms with E-state index in [0.29, 0.717) is 19.7 Å². The molecular formula is C16H25NO4. The van der Waals surface area contributed by atoms with Crippen LogP contribution in [0.1, 0.15) is 31.7 Å². The largest absolute Gasteiger partial charge is 0.493 e. The number of methoxy groups -OCH3 is 1. The molecule has 1 rings (SSSR count). The molecule has 5 heteroatoms. The van der Waals surface area contributed by atoms with E-state index in [2.05, 4.69) is 6.92 Å². The Labute approximate surface area is 126 Å². The molecule has 0 fully saturated rings. The maximum absolute atomic E-state index is 10.6. The first-order chi connectivity index (χ1) is 10.1. The van der Waals surface area contributed by atoms with Gasteiger partial charge in [0.25, 0.3) is 0 Å². The molecule has 5 nitrogen and oxygen atoms in total. The van der Waals surface area contributed by atoms with E-state index < -0.39 is 5.97 Å². The summed E-state index contributed by atoms with van der Waals surface area (Å²) < 4.78 is 11.0. The Hall–Kier alpha value is -1.75. The lowest BCUT2D eigenvalue weighted by Gasteiger charge is -2.17. The summed E-state index contributed by atoms with van der Waals surface area (Å²) in [5.41, 5.74) is 1.07. The van der Waals surface area contributed by atoms with Crippen LogP contribution in [0.4, 0.5) is 0 Å². The Morgan fingerprint density at radius 3 is 2.71 bits per heavy atom. The number of aliphatic carboxylic acids is 1. The summed E-state index contributed by atoms with van der Waals surface area (Å²) in [6.07, 6.45) is 2.25. The van der Waals surface area contributed by atoms with Gasteiger partial charge in [0.1, 0.15) is 0 Å². The van der Waals surface area contributed by atoms with Gasteiger partial charge < -0.3 is 19.5 Å². The molecule has 0 saturated carbocycles. The van der Waals surface area contributed by atoms with E-state index in [1.165, 1.54) is 0 Å². The zero-order valence-electron chi connectivity index (χ0n) is 13.1. The van der Waals surface area contributed by atoms with Gasteiger partial charge >= 0.3 is 5.97 Å². The molecular weight excluding hydrogens is 270 g/mol. The normalized spacial score (nSPS) is 10.7. The minimum atomic E-state index is -0.779. The van der Waals surface area contributed by atoms with Gasteiger partial charge in [-0.25, -0.2) is 0 Å². The van der Waals surface area contributed by atoms with Crippen LogP contribution in [0.25, 0.3) is 0 Å².